The lowest BCUT2D eigenvalue weighted by Gasteiger charge is -2.20. The third kappa shape index (κ3) is 4.16. The lowest BCUT2D eigenvalue weighted by atomic mass is 10.1. The van der Waals surface area contributed by atoms with Crippen LogP contribution in [0.1, 0.15) is 29.8 Å². The number of benzene rings is 1. The van der Waals surface area contributed by atoms with Crippen molar-refractivity contribution in [2.75, 3.05) is 13.7 Å². The number of carbonyl (C=O) groups excluding carboxylic acids is 1. The summed E-state index contributed by atoms with van der Waals surface area (Å²) in [7, 11) is 1.62. The Morgan fingerprint density at radius 2 is 2.07 bits per heavy atom. The summed E-state index contributed by atoms with van der Waals surface area (Å²) in [6.07, 6.45) is 5.51. The van der Waals surface area contributed by atoms with Gasteiger partial charge in [0.1, 0.15) is 11.4 Å². The summed E-state index contributed by atoms with van der Waals surface area (Å²) in [6.45, 7) is 5.98. The summed E-state index contributed by atoms with van der Waals surface area (Å²) in [6, 6.07) is 11.2. The van der Waals surface area contributed by atoms with Crippen LogP contribution in [0.5, 0.6) is 5.75 Å². The zero-order valence-electron chi connectivity index (χ0n) is 15.9. The van der Waals surface area contributed by atoms with Crippen LogP contribution >= 0.6 is 0 Å². The van der Waals surface area contributed by atoms with Gasteiger partial charge >= 0.3 is 0 Å². The second-order valence-electron chi connectivity index (χ2n) is 6.16. The van der Waals surface area contributed by atoms with E-state index in [2.05, 4.69) is 10.1 Å². The number of pyridine rings is 1. The van der Waals surface area contributed by atoms with Gasteiger partial charge in [0.2, 0.25) is 0 Å². The van der Waals surface area contributed by atoms with E-state index in [1.54, 1.807) is 13.3 Å². The first-order valence-electron chi connectivity index (χ1n) is 9.06. The zero-order valence-corrected chi connectivity index (χ0v) is 15.9. The largest absolute Gasteiger partial charge is 0.494 e. The van der Waals surface area contributed by atoms with Crippen molar-refractivity contribution in [3.05, 3.63) is 66.1 Å². The van der Waals surface area contributed by atoms with Gasteiger partial charge in [-0.1, -0.05) is 12.1 Å². The molecule has 1 amide bonds. The molecule has 0 spiro atoms. The van der Waals surface area contributed by atoms with Crippen LogP contribution < -0.4 is 4.74 Å². The average molecular weight is 364 g/mol. The van der Waals surface area contributed by atoms with E-state index < -0.39 is 0 Å². The van der Waals surface area contributed by atoms with Crippen molar-refractivity contribution in [1.29, 1.82) is 0 Å². The number of amides is 1. The lowest BCUT2D eigenvalue weighted by Crippen LogP contribution is -2.30. The van der Waals surface area contributed by atoms with Crippen LogP contribution in [0, 0.1) is 0 Å². The average Bonchev–Trinajstić information content (AvgIpc) is 3.19. The Labute approximate surface area is 159 Å². The molecule has 6 nitrogen and oxygen atoms in total. The van der Waals surface area contributed by atoms with Crippen molar-refractivity contribution in [1.82, 2.24) is 19.7 Å². The summed E-state index contributed by atoms with van der Waals surface area (Å²) >= 11 is 0. The van der Waals surface area contributed by atoms with Crippen LogP contribution in [0.3, 0.4) is 0 Å². The quantitative estimate of drug-likeness (QED) is 0.642. The summed E-state index contributed by atoms with van der Waals surface area (Å²) in [5, 5.41) is 4.28. The summed E-state index contributed by atoms with van der Waals surface area (Å²) in [4.78, 5) is 19.3. The lowest BCUT2D eigenvalue weighted by molar-refractivity contribution is 0.0752. The summed E-state index contributed by atoms with van der Waals surface area (Å²) in [5.41, 5.74) is 3.23. The Kier molecular flexibility index (Phi) is 5.86. The van der Waals surface area contributed by atoms with E-state index >= 15 is 0 Å². The monoisotopic (exact) mass is 364 g/mol. The predicted molar refractivity (Wildman–Crippen MR) is 105 cm³/mol. The number of rotatable bonds is 7. The molecule has 0 radical (unpaired) electrons. The number of carbonyl (C=O) groups is 1. The van der Waals surface area contributed by atoms with E-state index in [9.17, 15) is 4.79 Å². The molecule has 0 aliphatic rings. The number of hydrogen-bond acceptors (Lipinski definition) is 4. The molecule has 0 aliphatic heterocycles. The number of nitrogens with zero attached hydrogens (tertiary/aromatic N) is 4. The third-order valence-electron chi connectivity index (χ3n) is 4.43. The highest BCUT2D eigenvalue weighted by molar-refractivity contribution is 5.95. The fourth-order valence-corrected chi connectivity index (χ4v) is 2.96. The van der Waals surface area contributed by atoms with Crippen molar-refractivity contribution < 1.29 is 9.53 Å². The molecule has 0 bridgehead atoms. The molecule has 3 aromatic rings. The number of ether oxygens (including phenoxy) is 1. The van der Waals surface area contributed by atoms with Gasteiger partial charge in [-0.25, -0.2) is 0 Å². The molecule has 0 atom stereocenters. The van der Waals surface area contributed by atoms with Crippen molar-refractivity contribution in [3.63, 3.8) is 0 Å². The van der Waals surface area contributed by atoms with Gasteiger partial charge < -0.3 is 9.64 Å². The SMILES string of the molecule is CCN(Cc1cnn(CC)c1)C(=O)c1cccc(-c2ncccc2OC)c1. The second kappa shape index (κ2) is 8.49. The first kappa shape index (κ1) is 18.6. The van der Waals surface area contributed by atoms with Gasteiger partial charge in [-0.3, -0.25) is 14.5 Å². The van der Waals surface area contributed by atoms with Crippen molar-refractivity contribution >= 4 is 5.91 Å². The van der Waals surface area contributed by atoms with Crippen LogP contribution in [0.25, 0.3) is 11.3 Å². The molecule has 0 fully saturated rings. The van der Waals surface area contributed by atoms with Gasteiger partial charge in [-0.15, -0.1) is 0 Å². The van der Waals surface area contributed by atoms with Gasteiger partial charge in [0.15, 0.2) is 0 Å². The standard InChI is InChI=1S/C21H24N4O2/c1-4-24(14-16-13-23-25(5-2)15-16)21(26)18-9-6-8-17(12-18)20-19(27-3)10-7-11-22-20/h6-13,15H,4-5,14H2,1-3H3. The molecule has 6 heteroatoms. The molecule has 0 saturated carbocycles. The van der Waals surface area contributed by atoms with Gasteiger partial charge in [-0.2, -0.15) is 5.10 Å². The first-order chi connectivity index (χ1) is 13.2. The van der Waals surface area contributed by atoms with E-state index in [1.165, 1.54) is 0 Å². The smallest absolute Gasteiger partial charge is 0.254 e. The van der Waals surface area contributed by atoms with Gasteiger partial charge in [0.25, 0.3) is 5.91 Å². The molecule has 1 aromatic carbocycles. The number of methoxy groups -OCH3 is 1. The second-order valence-corrected chi connectivity index (χ2v) is 6.16. The predicted octanol–water partition coefficient (Wildman–Crippen LogP) is 3.64. The highest BCUT2D eigenvalue weighted by Gasteiger charge is 2.17. The van der Waals surface area contributed by atoms with Crippen LogP contribution in [0.2, 0.25) is 0 Å². The van der Waals surface area contributed by atoms with E-state index in [1.807, 2.05) is 72.2 Å². The molecule has 2 heterocycles. The fraction of sp³-hybridized carbons (Fsp3) is 0.286. The minimum absolute atomic E-state index is 0.0153. The number of aromatic nitrogens is 3. The Morgan fingerprint density at radius 1 is 1.22 bits per heavy atom. The fourth-order valence-electron chi connectivity index (χ4n) is 2.96. The maximum atomic E-state index is 13.0. The first-order valence-corrected chi connectivity index (χ1v) is 9.06. The molecule has 0 unspecified atom stereocenters. The molecule has 3 rings (SSSR count). The molecule has 140 valence electrons. The van der Waals surface area contributed by atoms with Gasteiger partial charge in [0.05, 0.1) is 13.3 Å². The minimum atomic E-state index is -0.0153. The zero-order chi connectivity index (χ0) is 19.2. The van der Waals surface area contributed by atoms with E-state index in [0.717, 1.165) is 23.4 Å². The van der Waals surface area contributed by atoms with Gasteiger partial charge in [-0.05, 0) is 38.1 Å². The van der Waals surface area contributed by atoms with Crippen LogP contribution in [-0.2, 0) is 13.1 Å². The number of aryl methyl sites for hydroxylation is 1. The van der Waals surface area contributed by atoms with E-state index in [-0.39, 0.29) is 5.91 Å². The Balaban J connectivity index is 1.85. The van der Waals surface area contributed by atoms with Crippen LogP contribution in [0.4, 0.5) is 0 Å². The Morgan fingerprint density at radius 3 is 2.78 bits per heavy atom. The Bertz CT molecular complexity index is 920. The normalized spacial score (nSPS) is 10.6. The highest BCUT2D eigenvalue weighted by atomic mass is 16.5. The topological polar surface area (TPSA) is 60.2 Å². The van der Waals surface area contributed by atoms with Crippen LogP contribution in [-0.4, -0.2) is 39.2 Å². The molecule has 0 N–H and O–H groups in total. The van der Waals surface area contributed by atoms with E-state index in [0.29, 0.717) is 24.4 Å². The molecule has 0 saturated heterocycles. The molecular formula is C21H24N4O2. The molecule has 27 heavy (non-hydrogen) atoms. The highest BCUT2D eigenvalue weighted by Crippen LogP contribution is 2.28. The van der Waals surface area contributed by atoms with E-state index in [4.69, 9.17) is 4.74 Å². The maximum Gasteiger partial charge on any atom is 0.254 e. The maximum absolute atomic E-state index is 13.0. The van der Waals surface area contributed by atoms with Crippen molar-refractivity contribution in [3.8, 4) is 17.0 Å². The summed E-state index contributed by atoms with van der Waals surface area (Å²) < 4.78 is 7.26. The van der Waals surface area contributed by atoms with Crippen molar-refractivity contribution in [2.24, 2.45) is 0 Å². The third-order valence-corrected chi connectivity index (χ3v) is 4.43. The molecular weight excluding hydrogens is 340 g/mol. The number of hydrogen-bond donors (Lipinski definition) is 0. The van der Waals surface area contributed by atoms with Gasteiger partial charge in [0, 0.05) is 48.7 Å². The molecule has 0 aliphatic carbocycles. The summed E-state index contributed by atoms with van der Waals surface area (Å²) in [5.74, 6) is 0.667. The minimum Gasteiger partial charge on any atom is -0.494 e. The Hall–Kier alpha value is -3.15. The molecule has 2 aromatic heterocycles. The van der Waals surface area contributed by atoms with Crippen molar-refractivity contribution in [2.45, 2.75) is 26.9 Å². The van der Waals surface area contributed by atoms with Crippen LogP contribution in [0.15, 0.2) is 55.0 Å².